The van der Waals surface area contributed by atoms with Gasteiger partial charge in [0.15, 0.2) is 0 Å². The topological polar surface area (TPSA) is 35.2 Å². The van der Waals surface area contributed by atoms with Gasteiger partial charge in [0.25, 0.3) is 0 Å². The molecule has 2 N–H and O–H groups in total. The van der Waals surface area contributed by atoms with E-state index < -0.39 is 0 Å². The molecule has 0 spiro atoms. The Labute approximate surface area is 81.8 Å². The van der Waals surface area contributed by atoms with Crippen molar-refractivity contribution in [2.45, 2.75) is 58.2 Å². The zero-order valence-electron chi connectivity index (χ0n) is 8.96. The van der Waals surface area contributed by atoms with E-state index in [1.54, 1.807) is 0 Å². The van der Waals surface area contributed by atoms with E-state index in [4.69, 9.17) is 10.5 Å². The van der Waals surface area contributed by atoms with Crippen LogP contribution in [0, 0.1) is 5.92 Å². The van der Waals surface area contributed by atoms with E-state index in [0.717, 1.165) is 5.92 Å². The molecule has 1 rings (SSSR count). The van der Waals surface area contributed by atoms with E-state index in [1.807, 2.05) is 0 Å². The van der Waals surface area contributed by atoms with Gasteiger partial charge >= 0.3 is 0 Å². The summed E-state index contributed by atoms with van der Waals surface area (Å²) in [5.74, 6) is 0.723. The molecule has 1 saturated carbocycles. The average Bonchev–Trinajstić information content (AvgIpc) is 2.15. The molecule has 1 fully saturated rings. The fourth-order valence-electron chi connectivity index (χ4n) is 2.21. The van der Waals surface area contributed by atoms with Gasteiger partial charge in [0.2, 0.25) is 0 Å². The Balaban J connectivity index is 2.34. The summed E-state index contributed by atoms with van der Waals surface area (Å²) in [6, 6.07) is 0. The first kappa shape index (κ1) is 11.0. The van der Waals surface area contributed by atoms with Crippen molar-refractivity contribution in [3.05, 3.63) is 0 Å². The Morgan fingerprint density at radius 1 is 1.23 bits per heavy atom. The molecule has 0 saturated heterocycles. The van der Waals surface area contributed by atoms with Crippen molar-refractivity contribution in [3.8, 4) is 0 Å². The maximum atomic E-state index is 5.81. The number of rotatable bonds is 4. The molecule has 0 aromatic heterocycles. The summed E-state index contributed by atoms with van der Waals surface area (Å²) in [6.07, 6.45) is 7.37. The van der Waals surface area contributed by atoms with Crippen molar-refractivity contribution in [1.82, 2.24) is 0 Å². The van der Waals surface area contributed by atoms with E-state index in [1.165, 1.54) is 32.1 Å². The summed E-state index contributed by atoms with van der Waals surface area (Å²) in [7, 11) is 0. The van der Waals surface area contributed by atoms with Gasteiger partial charge in [-0.25, -0.2) is 0 Å². The van der Waals surface area contributed by atoms with Crippen LogP contribution in [0.3, 0.4) is 0 Å². The molecule has 0 radical (unpaired) electrons. The molecule has 13 heavy (non-hydrogen) atoms. The highest BCUT2D eigenvalue weighted by atomic mass is 16.5. The van der Waals surface area contributed by atoms with Crippen molar-refractivity contribution in [2.75, 3.05) is 6.54 Å². The molecular weight excluding hydrogens is 162 g/mol. The minimum atomic E-state index is 0.306. The van der Waals surface area contributed by atoms with Gasteiger partial charge in [0, 0.05) is 6.54 Å². The van der Waals surface area contributed by atoms with Gasteiger partial charge in [-0.2, -0.15) is 0 Å². The monoisotopic (exact) mass is 185 g/mol. The summed E-state index contributed by atoms with van der Waals surface area (Å²) < 4.78 is 5.81. The molecule has 2 heteroatoms. The zero-order valence-corrected chi connectivity index (χ0v) is 8.96. The van der Waals surface area contributed by atoms with Gasteiger partial charge in [-0.15, -0.1) is 0 Å². The van der Waals surface area contributed by atoms with Gasteiger partial charge in [-0.1, -0.05) is 19.3 Å². The highest BCUT2D eigenvalue weighted by molar-refractivity contribution is 4.75. The number of ether oxygens (including phenoxy) is 1. The number of hydrogen-bond donors (Lipinski definition) is 1. The van der Waals surface area contributed by atoms with Crippen LogP contribution >= 0.6 is 0 Å². The SMILES string of the molecule is CC(C)OC(CN)C1CCCCC1. The Hall–Kier alpha value is -0.0800. The summed E-state index contributed by atoms with van der Waals surface area (Å²) >= 11 is 0. The molecule has 0 bridgehead atoms. The number of nitrogens with two attached hydrogens (primary N) is 1. The van der Waals surface area contributed by atoms with E-state index >= 15 is 0 Å². The lowest BCUT2D eigenvalue weighted by Gasteiger charge is -2.30. The number of hydrogen-bond acceptors (Lipinski definition) is 2. The van der Waals surface area contributed by atoms with E-state index in [9.17, 15) is 0 Å². The van der Waals surface area contributed by atoms with E-state index in [2.05, 4.69) is 13.8 Å². The van der Waals surface area contributed by atoms with Crippen LogP contribution in [0.25, 0.3) is 0 Å². The molecule has 1 aliphatic rings. The molecule has 2 nitrogen and oxygen atoms in total. The van der Waals surface area contributed by atoms with Gasteiger partial charge in [0.1, 0.15) is 0 Å². The van der Waals surface area contributed by atoms with E-state index in [-0.39, 0.29) is 0 Å². The van der Waals surface area contributed by atoms with Crippen molar-refractivity contribution in [2.24, 2.45) is 11.7 Å². The maximum Gasteiger partial charge on any atom is 0.0728 e. The summed E-state index contributed by atoms with van der Waals surface area (Å²) in [4.78, 5) is 0. The van der Waals surface area contributed by atoms with Crippen LogP contribution in [-0.2, 0) is 4.74 Å². The maximum absolute atomic E-state index is 5.81. The van der Waals surface area contributed by atoms with Crippen LogP contribution in [-0.4, -0.2) is 18.8 Å². The lowest BCUT2D eigenvalue weighted by Crippen LogP contribution is -2.35. The highest BCUT2D eigenvalue weighted by Gasteiger charge is 2.23. The van der Waals surface area contributed by atoms with Crippen LogP contribution in [0.15, 0.2) is 0 Å². The highest BCUT2D eigenvalue weighted by Crippen LogP contribution is 2.28. The molecule has 0 aliphatic heterocycles. The summed E-state index contributed by atoms with van der Waals surface area (Å²) in [5.41, 5.74) is 5.73. The molecule has 78 valence electrons. The quantitative estimate of drug-likeness (QED) is 0.729. The molecule has 1 aliphatic carbocycles. The van der Waals surface area contributed by atoms with Crippen LogP contribution in [0.1, 0.15) is 46.0 Å². The van der Waals surface area contributed by atoms with Crippen LogP contribution in [0.4, 0.5) is 0 Å². The van der Waals surface area contributed by atoms with Crippen molar-refractivity contribution in [1.29, 1.82) is 0 Å². The van der Waals surface area contributed by atoms with Crippen molar-refractivity contribution < 1.29 is 4.74 Å². The molecular formula is C11H23NO. The standard InChI is InChI=1S/C11H23NO/c1-9(2)13-11(8-12)10-6-4-3-5-7-10/h9-11H,3-8,12H2,1-2H3. The zero-order chi connectivity index (χ0) is 9.68. The fourth-order valence-corrected chi connectivity index (χ4v) is 2.21. The summed E-state index contributed by atoms with van der Waals surface area (Å²) in [6.45, 7) is 4.86. The first-order chi connectivity index (χ1) is 6.24. The van der Waals surface area contributed by atoms with Gasteiger partial charge < -0.3 is 10.5 Å². The lowest BCUT2D eigenvalue weighted by molar-refractivity contribution is -0.0296. The van der Waals surface area contributed by atoms with Crippen molar-refractivity contribution in [3.63, 3.8) is 0 Å². The minimum absolute atomic E-state index is 0.306. The van der Waals surface area contributed by atoms with Gasteiger partial charge in [-0.3, -0.25) is 0 Å². The van der Waals surface area contributed by atoms with Gasteiger partial charge in [-0.05, 0) is 32.6 Å². The third-order valence-corrected chi connectivity index (χ3v) is 2.85. The first-order valence-electron chi connectivity index (χ1n) is 5.59. The molecule has 0 aromatic rings. The average molecular weight is 185 g/mol. The molecule has 0 aromatic carbocycles. The Kier molecular flexibility index (Phi) is 4.74. The molecule has 0 amide bonds. The predicted molar refractivity (Wildman–Crippen MR) is 55.6 cm³/mol. The molecule has 0 heterocycles. The second-order valence-corrected chi connectivity index (χ2v) is 4.36. The van der Waals surface area contributed by atoms with Crippen LogP contribution in [0.2, 0.25) is 0 Å². The van der Waals surface area contributed by atoms with Crippen molar-refractivity contribution >= 4 is 0 Å². The second-order valence-electron chi connectivity index (χ2n) is 4.36. The fraction of sp³-hybridized carbons (Fsp3) is 1.00. The third kappa shape index (κ3) is 3.65. The second kappa shape index (κ2) is 5.61. The Morgan fingerprint density at radius 2 is 1.85 bits per heavy atom. The van der Waals surface area contributed by atoms with E-state index in [0.29, 0.717) is 18.8 Å². The van der Waals surface area contributed by atoms with Gasteiger partial charge in [0.05, 0.1) is 12.2 Å². The van der Waals surface area contributed by atoms with Crippen LogP contribution in [0.5, 0.6) is 0 Å². The Morgan fingerprint density at radius 3 is 2.31 bits per heavy atom. The lowest BCUT2D eigenvalue weighted by atomic mass is 9.85. The minimum Gasteiger partial charge on any atom is -0.374 e. The molecule has 1 unspecified atom stereocenters. The largest absolute Gasteiger partial charge is 0.374 e. The predicted octanol–water partition coefficient (Wildman–Crippen LogP) is 2.32. The smallest absolute Gasteiger partial charge is 0.0728 e. The summed E-state index contributed by atoms with van der Waals surface area (Å²) in [5, 5.41) is 0. The normalized spacial score (nSPS) is 22.2. The molecule has 1 atom stereocenters. The third-order valence-electron chi connectivity index (χ3n) is 2.85. The van der Waals surface area contributed by atoms with Crippen LogP contribution < -0.4 is 5.73 Å². The Bertz CT molecular complexity index is 130. The first-order valence-corrected chi connectivity index (χ1v) is 5.59.